The molecule has 0 radical (unpaired) electrons. The molecule has 0 saturated carbocycles. The summed E-state index contributed by atoms with van der Waals surface area (Å²) in [5.41, 5.74) is 5.87. The fraction of sp³-hybridized carbons (Fsp3) is 0.185. The Morgan fingerprint density at radius 1 is 1.00 bits per heavy atom. The quantitative estimate of drug-likeness (QED) is 0.314. The lowest BCUT2D eigenvalue weighted by molar-refractivity contribution is -0.116. The van der Waals surface area contributed by atoms with Gasteiger partial charge in [0.2, 0.25) is 5.91 Å². The smallest absolute Gasteiger partial charge is 0.244 e. The van der Waals surface area contributed by atoms with E-state index in [2.05, 4.69) is 36.5 Å². The fourth-order valence-electron chi connectivity index (χ4n) is 3.48. The molecule has 1 N–H and O–H groups in total. The van der Waals surface area contributed by atoms with Gasteiger partial charge in [0.15, 0.2) is 0 Å². The number of pyridine rings is 1. The van der Waals surface area contributed by atoms with Gasteiger partial charge in [-0.1, -0.05) is 29.8 Å². The third-order valence-electron chi connectivity index (χ3n) is 5.27. The van der Waals surface area contributed by atoms with Crippen molar-refractivity contribution >= 4 is 17.6 Å². The number of imidazole rings is 1. The molecule has 0 aliphatic carbocycles. The van der Waals surface area contributed by atoms with Crippen LogP contribution in [0.25, 0.3) is 23.0 Å². The summed E-state index contributed by atoms with van der Waals surface area (Å²) < 4.78 is 12.8. The predicted molar refractivity (Wildman–Crippen MR) is 131 cm³/mol. The largest absolute Gasteiger partial charge is 0.497 e. The van der Waals surface area contributed by atoms with Crippen molar-refractivity contribution in [1.82, 2.24) is 14.7 Å². The van der Waals surface area contributed by atoms with Crippen molar-refractivity contribution in [2.24, 2.45) is 0 Å². The first kappa shape index (κ1) is 22.1. The van der Waals surface area contributed by atoms with E-state index >= 15 is 0 Å². The highest BCUT2D eigenvalue weighted by molar-refractivity contribution is 5.92. The van der Waals surface area contributed by atoms with Gasteiger partial charge in [-0.2, -0.15) is 0 Å². The molecule has 4 rings (SSSR count). The zero-order chi connectivity index (χ0) is 23.2. The summed E-state index contributed by atoms with van der Waals surface area (Å²) in [7, 11) is 1.62. The van der Waals surface area contributed by atoms with Gasteiger partial charge in [0.05, 0.1) is 25.0 Å². The lowest BCUT2D eigenvalue weighted by Gasteiger charge is -2.07. The van der Waals surface area contributed by atoms with Crippen LogP contribution in [0.5, 0.6) is 11.5 Å². The highest BCUT2D eigenvalue weighted by Gasteiger charge is 2.12. The number of carbonyl (C=O) groups is 1. The number of ether oxygens (including phenoxy) is 2. The monoisotopic (exact) mass is 441 g/mol. The van der Waals surface area contributed by atoms with Crippen LogP contribution in [0.1, 0.15) is 16.8 Å². The van der Waals surface area contributed by atoms with Gasteiger partial charge in [-0.15, -0.1) is 0 Å². The molecular weight excluding hydrogens is 414 g/mol. The molecule has 33 heavy (non-hydrogen) atoms. The minimum absolute atomic E-state index is 0.190. The van der Waals surface area contributed by atoms with Crippen molar-refractivity contribution in [2.45, 2.75) is 13.8 Å². The van der Waals surface area contributed by atoms with Crippen LogP contribution in [0.2, 0.25) is 0 Å². The van der Waals surface area contributed by atoms with E-state index in [0.717, 1.165) is 39.7 Å². The number of carbonyl (C=O) groups excluding carboxylic acids is 1. The van der Waals surface area contributed by atoms with Gasteiger partial charge < -0.3 is 14.8 Å². The predicted octanol–water partition coefficient (Wildman–Crippen LogP) is 4.84. The van der Waals surface area contributed by atoms with Gasteiger partial charge in [-0.05, 0) is 61.9 Å². The van der Waals surface area contributed by atoms with E-state index in [1.807, 2.05) is 60.0 Å². The second-order valence-electron chi connectivity index (χ2n) is 7.79. The molecular formula is C27H27N3O3. The summed E-state index contributed by atoms with van der Waals surface area (Å²) in [6.07, 6.45) is 5.33. The molecule has 4 aromatic rings. The van der Waals surface area contributed by atoms with E-state index in [0.29, 0.717) is 13.2 Å². The van der Waals surface area contributed by atoms with Crippen LogP contribution >= 0.6 is 0 Å². The lowest BCUT2D eigenvalue weighted by Crippen LogP contribution is -2.26. The van der Waals surface area contributed by atoms with Crippen molar-refractivity contribution < 1.29 is 14.3 Å². The van der Waals surface area contributed by atoms with E-state index < -0.39 is 0 Å². The van der Waals surface area contributed by atoms with Crippen LogP contribution < -0.4 is 14.8 Å². The lowest BCUT2D eigenvalue weighted by atomic mass is 10.1. The number of aromatic nitrogens is 2. The summed E-state index contributed by atoms with van der Waals surface area (Å²) in [5, 5.41) is 2.86. The Kier molecular flexibility index (Phi) is 6.74. The first-order chi connectivity index (χ1) is 16.0. The van der Waals surface area contributed by atoms with Crippen molar-refractivity contribution in [3.63, 3.8) is 0 Å². The Morgan fingerprint density at radius 3 is 2.45 bits per heavy atom. The summed E-state index contributed by atoms with van der Waals surface area (Å²) in [6.45, 7) is 4.86. The molecule has 1 amide bonds. The molecule has 0 aliphatic rings. The Morgan fingerprint density at radius 2 is 1.73 bits per heavy atom. The molecule has 6 heteroatoms. The number of aryl methyl sites for hydroxylation is 2. The zero-order valence-electron chi connectivity index (χ0n) is 19.0. The maximum atomic E-state index is 12.4. The third kappa shape index (κ3) is 5.41. The molecule has 0 bridgehead atoms. The number of nitrogens with zero attached hydrogens (tertiary/aromatic N) is 2. The topological polar surface area (TPSA) is 64.9 Å². The van der Waals surface area contributed by atoms with Crippen LogP contribution in [0.3, 0.4) is 0 Å². The maximum absolute atomic E-state index is 12.4. The molecule has 2 aromatic carbocycles. The van der Waals surface area contributed by atoms with Crippen molar-refractivity contribution in [3.05, 3.63) is 89.8 Å². The van der Waals surface area contributed by atoms with Crippen LogP contribution in [0.4, 0.5) is 0 Å². The minimum atomic E-state index is -0.190. The van der Waals surface area contributed by atoms with Crippen LogP contribution in [-0.4, -0.2) is 35.6 Å². The van der Waals surface area contributed by atoms with Crippen LogP contribution in [0.15, 0.2) is 72.9 Å². The molecule has 0 spiro atoms. The number of fused-ring (bicyclic) bond motifs is 1. The van der Waals surface area contributed by atoms with E-state index in [4.69, 9.17) is 14.5 Å². The molecule has 0 atom stereocenters. The van der Waals surface area contributed by atoms with Gasteiger partial charge in [0, 0.05) is 17.8 Å². The van der Waals surface area contributed by atoms with E-state index in [1.54, 1.807) is 7.11 Å². The van der Waals surface area contributed by atoms with Gasteiger partial charge in [-0.3, -0.25) is 9.20 Å². The van der Waals surface area contributed by atoms with Gasteiger partial charge in [0.1, 0.15) is 23.8 Å². The number of nitrogens with one attached hydrogen (secondary N) is 1. The first-order valence-corrected chi connectivity index (χ1v) is 10.8. The maximum Gasteiger partial charge on any atom is 0.244 e. The van der Waals surface area contributed by atoms with Crippen molar-refractivity contribution in [3.8, 4) is 22.8 Å². The normalized spacial score (nSPS) is 11.1. The SMILES string of the molecule is COc1ccc(OCCNC(=O)/C=C/c2c(-c3ccc(C)cc3)nc3cc(C)ccn23)cc1. The second-order valence-corrected chi connectivity index (χ2v) is 7.79. The highest BCUT2D eigenvalue weighted by atomic mass is 16.5. The third-order valence-corrected chi connectivity index (χ3v) is 5.27. The Labute approximate surface area is 193 Å². The first-order valence-electron chi connectivity index (χ1n) is 10.8. The number of methoxy groups -OCH3 is 1. The average Bonchev–Trinajstić information content (AvgIpc) is 3.18. The molecule has 0 unspecified atom stereocenters. The molecule has 0 fully saturated rings. The summed E-state index contributed by atoms with van der Waals surface area (Å²) in [6, 6.07) is 19.6. The minimum Gasteiger partial charge on any atom is -0.497 e. The number of amides is 1. The molecule has 168 valence electrons. The number of hydrogen-bond donors (Lipinski definition) is 1. The van der Waals surface area contributed by atoms with Crippen molar-refractivity contribution in [2.75, 3.05) is 20.3 Å². The Balaban J connectivity index is 1.44. The summed E-state index contributed by atoms with van der Waals surface area (Å²) in [5.74, 6) is 1.31. The van der Waals surface area contributed by atoms with Crippen LogP contribution in [-0.2, 0) is 4.79 Å². The Bertz CT molecular complexity index is 1270. The highest BCUT2D eigenvalue weighted by Crippen LogP contribution is 2.26. The second kappa shape index (κ2) is 10.0. The summed E-state index contributed by atoms with van der Waals surface area (Å²) >= 11 is 0. The standard InChI is InChI=1S/C27H27N3O3/c1-19-4-6-21(7-5-19)27-24(30-16-14-20(2)18-25(30)29-27)12-13-26(31)28-15-17-33-23-10-8-22(32-3)9-11-23/h4-14,16,18H,15,17H2,1-3H3,(H,28,31)/b13-12+. The van der Waals surface area contributed by atoms with E-state index in [1.165, 1.54) is 11.6 Å². The fourth-order valence-corrected chi connectivity index (χ4v) is 3.48. The molecule has 2 aromatic heterocycles. The number of hydrogen-bond acceptors (Lipinski definition) is 4. The Hall–Kier alpha value is -4.06. The summed E-state index contributed by atoms with van der Waals surface area (Å²) in [4.78, 5) is 17.2. The van der Waals surface area contributed by atoms with Gasteiger partial charge in [0.25, 0.3) is 0 Å². The molecule has 6 nitrogen and oxygen atoms in total. The zero-order valence-corrected chi connectivity index (χ0v) is 19.0. The molecule has 0 saturated heterocycles. The molecule has 0 aliphatic heterocycles. The number of rotatable bonds is 8. The molecule has 2 heterocycles. The van der Waals surface area contributed by atoms with Gasteiger partial charge >= 0.3 is 0 Å². The van der Waals surface area contributed by atoms with Gasteiger partial charge in [-0.25, -0.2) is 4.98 Å². The average molecular weight is 442 g/mol. The van der Waals surface area contributed by atoms with E-state index in [-0.39, 0.29) is 5.91 Å². The number of benzene rings is 2. The van der Waals surface area contributed by atoms with Crippen molar-refractivity contribution in [1.29, 1.82) is 0 Å². The van der Waals surface area contributed by atoms with E-state index in [9.17, 15) is 4.79 Å². The van der Waals surface area contributed by atoms with Crippen LogP contribution in [0, 0.1) is 13.8 Å².